The van der Waals surface area contributed by atoms with Crippen LogP contribution in [-0.4, -0.2) is 5.78 Å². The van der Waals surface area contributed by atoms with E-state index in [0.29, 0.717) is 0 Å². The van der Waals surface area contributed by atoms with Crippen molar-refractivity contribution in [2.45, 2.75) is 6.92 Å². The van der Waals surface area contributed by atoms with Gasteiger partial charge in [0.15, 0.2) is 0 Å². The molecule has 0 bridgehead atoms. The van der Waals surface area contributed by atoms with Crippen molar-refractivity contribution < 1.29 is 13.6 Å². The molecule has 0 atom stereocenters. The number of hydrogen-bond acceptors (Lipinski definition) is 2. The predicted octanol–water partition coefficient (Wildman–Crippen LogP) is 4.98. The molecule has 0 saturated carbocycles. The first kappa shape index (κ1) is 13.6. The minimum atomic E-state index is -0.782. The van der Waals surface area contributed by atoms with Gasteiger partial charge in [-0.25, -0.2) is 8.78 Å². The van der Waals surface area contributed by atoms with E-state index in [1.165, 1.54) is 0 Å². The van der Waals surface area contributed by atoms with Crippen LogP contribution >= 0.6 is 38.9 Å². The van der Waals surface area contributed by atoms with Crippen LogP contribution in [0.25, 0.3) is 0 Å². The van der Waals surface area contributed by atoms with Crippen LogP contribution in [0.1, 0.15) is 20.8 Å². The molecule has 1 nitrogen and oxygen atoms in total. The van der Waals surface area contributed by atoms with Crippen molar-refractivity contribution in [2.24, 2.45) is 0 Å². The molecule has 94 valence electrons. The lowest BCUT2D eigenvalue weighted by atomic mass is 10.1. The summed E-state index contributed by atoms with van der Waals surface area (Å²) in [5.41, 5.74) is 0.419. The number of thiophene rings is 1. The van der Waals surface area contributed by atoms with Crippen molar-refractivity contribution in [3.63, 3.8) is 0 Å². The van der Waals surface area contributed by atoms with Crippen molar-refractivity contribution in [1.29, 1.82) is 0 Å². The zero-order valence-electron chi connectivity index (χ0n) is 9.06. The van der Waals surface area contributed by atoms with Gasteiger partial charge in [0.1, 0.15) is 11.6 Å². The number of ketones is 1. The predicted molar refractivity (Wildman–Crippen MR) is 71.6 cm³/mol. The normalized spacial score (nSPS) is 10.7. The van der Waals surface area contributed by atoms with E-state index in [1.54, 1.807) is 12.3 Å². The Bertz CT molecular complexity index is 639. The SMILES string of the molecule is Cc1csc(C(=O)c2cc(F)c(Br)cc2F)c1Cl. The summed E-state index contributed by atoms with van der Waals surface area (Å²) >= 11 is 9.91. The van der Waals surface area contributed by atoms with E-state index in [2.05, 4.69) is 15.9 Å². The maximum Gasteiger partial charge on any atom is 0.207 e. The van der Waals surface area contributed by atoms with Gasteiger partial charge in [-0.3, -0.25) is 4.79 Å². The van der Waals surface area contributed by atoms with Gasteiger partial charge in [-0.05, 0) is 45.9 Å². The summed E-state index contributed by atoms with van der Waals surface area (Å²) in [6, 6.07) is 1.80. The molecule has 0 spiro atoms. The van der Waals surface area contributed by atoms with Gasteiger partial charge < -0.3 is 0 Å². The fraction of sp³-hybridized carbons (Fsp3) is 0.0833. The summed E-state index contributed by atoms with van der Waals surface area (Å²) in [5, 5.41) is 1.98. The van der Waals surface area contributed by atoms with E-state index in [4.69, 9.17) is 11.6 Å². The summed E-state index contributed by atoms with van der Waals surface area (Å²) in [7, 11) is 0. The van der Waals surface area contributed by atoms with Crippen LogP contribution < -0.4 is 0 Å². The van der Waals surface area contributed by atoms with Gasteiger partial charge in [0.05, 0.1) is 19.9 Å². The molecule has 0 unspecified atom stereocenters. The number of halogens is 4. The second-order valence-corrected chi connectivity index (χ2v) is 5.75. The molecule has 2 rings (SSSR count). The average molecular weight is 352 g/mol. The fourth-order valence-corrected chi connectivity index (χ4v) is 2.95. The number of rotatable bonds is 2. The highest BCUT2D eigenvalue weighted by atomic mass is 79.9. The Balaban J connectivity index is 2.53. The molecule has 1 heterocycles. The van der Waals surface area contributed by atoms with Crippen molar-refractivity contribution in [3.8, 4) is 0 Å². The molecule has 0 aliphatic rings. The molecule has 0 N–H and O–H groups in total. The zero-order valence-corrected chi connectivity index (χ0v) is 12.2. The van der Waals surface area contributed by atoms with Gasteiger partial charge in [-0.2, -0.15) is 0 Å². The van der Waals surface area contributed by atoms with E-state index in [0.717, 1.165) is 29.0 Å². The molecule has 1 aromatic carbocycles. The van der Waals surface area contributed by atoms with Crippen LogP contribution in [-0.2, 0) is 0 Å². The van der Waals surface area contributed by atoms with Gasteiger partial charge >= 0.3 is 0 Å². The smallest absolute Gasteiger partial charge is 0.207 e. The van der Waals surface area contributed by atoms with Crippen LogP contribution in [0.2, 0.25) is 5.02 Å². The Morgan fingerprint density at radius 3 is 2.56 bits per heavy atom. The first-order valence-corrected chi connectivity index (χ1v) is 6.89. The van der Waals surface area contributed by atoms with Crippen molar-refractivity contribution >= 4 is 44.7 Å². The first-order valence-electron chi connectivity index (χ1n) is 4.84. The van der Waals surface area contributed by atoms with Crippen molar-refractivity contribution in [2.75, 3.05) is 0 Å². The molecule has 0 fully saturated rings. The zero-order chi connectivity index (χ0) is 13.4. The Morgan fingerprint density at radius 2 is 2.00 bits per heavy atom. The van der Waals surface area contributed by atoms with Crippen LogP contribution in [0, 0.1) is 18.6 Å². The number of carbonyl (C=O) groups excluding carboxylic acids is 1. The average Bonchev–Trinajstić information content (AvgIpc) is 2.64. The van der Waals surface area contributed by atoms with E-state index in [1.807, 2.05) is 0 Å². The standard InChI is InChI=1S/C12H6BrClF2OS/c1-5-4-18-12(10(5)14)11(17)6-2-9(16)7(13)3-8(6)15/h2-4H,1H3. The Labute approximate surface area is 120 Å². The summed E-state index contributed by atoms with van der Waals surface area (Å²) in [6.45, 7) is 1.74. The third-order valence-electron chi connectivity index (χ3n) is 2.36. The van der Waals surface area contributed by atoms with Crippen LogP contribution in [0.15, 0.2) is 22.0 Å². The van der Waals surface area contributed by atoms with Crippen LogP contribution in [0.5, 0.6) is 0 Å². The molecule has 0 aliphatic heterocycles. The number of hydrogen-bond donors (Lipinski definition) is 0. The molecule has 2 aromatic rings. The maximum absolute atomic E-state index is 13.6. The van der Waals surface area contributed by atoms with E-state index < -0.39 is 17.4 Å². The monoisotopic (exact) mass is 350 g/mol. The van der Waals surface area contributed by atoms with E-state index in [-0.39, 0.29) is 19.9 Å². The largest absolute Gasteiger partial charge is 0.288 e. The molecular weight excluding hydrogens is 346 g/mol. The molecule has 6 heteroatoms. The van der Waals surface area contributed by atoms with Gasteiger partial charge in [0.25, 0.3) is 0 Å². The fourth-order valence-electron chi connectivity index (χ4n) is 1.40. The molecule has 0 saturated heterocycles. The molecule has 0 radical (unpaired) electrons. The van der Waals surface area contributed by atoms with Crippen molar-refractivity contribution in [3.05, 3.63) is 54.6 Å². The number of carbonyl (C=O) groups is 1. The van der Waals surface area contributed by atoms with Crippen molar-refractivity contribution in [1.82, 2.24) is 0 Å². The lowest BCUT2D eigenvalue weighted by Crippen LogP contribution is -2.04. The Morgan fingerprint density at radius 1 is 1.33 bits per heavy atom. The summed E-state index contributed by atoms with van der Waals surface area (Å²) in [6.07, 6.45) is 0. The Hall–Kier alpha value is -0.780. The minimum absolute atomic E-state index is 0.0231. The van der Waals surface area contributed by atoms with Gasteiger partial charge in [-0.15, -0.1) is 11.3 Å². The third kappa shape index (κ3) is 2.35. The van der Waals surface area contributed by atoms with Gasteiger partial charge in [0, 0.05) is 0 Å². The maximum atomic E-state index is 13.6. The van der Waals surface area contributed by atoms with Gasteiger partial charge in [-0.1, -0.05) is 11.6 Å². The Kier molecular flexibility index (Phi) is 3.84. The second kappa shape index (κ2) is 5.07. The second-order valence-electron chi connectivity index (χ2n) is 3.64. The minimum Gasteiger partial charge on any atom is -0.288 e. The number of aryl methyl sites for hydroxylation is 1. The molecule has 0 aliphatic carbocycles. The molecular formula is C12H6BrClF2OS. The number of benzene rings is 1. The summed E-state index contributed by atoms with van der Waals surface area (Å²) in [4.78, 5) is 12.3. The highest BCUT2D eigenvalue weighted by molar-refractivity contribution is 9.10. The molecule has 1 aromatic heterocycles. The van der Waals surface area contributed by atoms with Crippen LogP contribution in [0.3, 0.4) is 0 Å². The quantitative estimate of drug-likeness (QED) is 0.551. The highest BCUT2D eigenvalue weighted by Gasteiger charge is 2.21. The van der Waals surface area contributed by atoms with E-state index >= 15 is 0 Å². The van der Waals surface area contributed by atoms with Crippen LogP contribution in [0.4, 0.5) is 8.78 Å². The van der Waals surface area contributed by atoms with E-state index in [9.17, 15) is 13.6 Å². The molecule has 18 heavy (non-hydrogen) atoms. The third-order valence-corrected chi connectivity index (χ3v) is 4.66. The van der Waals surface area contributed by atoms with Gasteiger partial charge in [0.2, 0.25) is 5.78 Å². The summed E-state index contributed by atoms with van der Waals surface area (Å²) < 4.78 is 27.0. The first-order chi connectivity index (χ1) is 8.41. The topological polar surface area (TPSA) is 17.1 Å². The lowest BCUT2D eigenvalue weighted by molar-refractivity contribution is 0.103. The molecule has 0 amide bonds. The summed E-state index contributed by atoms with van der Waals surface area (Å²) in [5.74, 6) is -2.08. The highest BCUT2D eigenvalue weighted by Crippen LogP contribution is 2.31. The lowest BCUT2D eigenvalue weighted by Gasteiger charge is -2.03.